The van der Waals surface area contributed by atoms with Crippen molar-refractivity contribution in [3.63, 3.8) is 0 Å². The van der Waals surface area contributed by atoms with Crippen LogP contribution in [-0.2, 0) is 17.8 Å². The molecule has 3 rings (SSSR count). The summed E-state index contributed by atoms with van der Waals surface area (Å²) < 4.78 is 0. The molecule has 22 heavy (non-hydrogen) atoms. The Morgan fingerprint density at radius 3 is 3.14 bits per heavy atom. The number of hydrogen-bond donors (Lipinski definition) is 2. The Kier molecular flexibility index (Phi) is 4.81. The van der Waals surface area contributed by atoms with Gasteiger partial charge in [0, 0.05) is 28.4 Å². The molecule has 1 aliphatic rings. The van der Waals surface area contributed by atoms with E-state index in [0.717, 1.165) is 18.5 Å². The normalized spacial score (nSPS) is 20.5. The SMILES string of the molecule is C[C@H]1c2ccsc2CC[NH+]1CC(=O)NCc1cccc(Cl)c1. The third-order valence-electron chi connectivity index (χ3n) is 4.30. The maximum atomic E-state index is 12.2. The first-order chi connectivity index (χ1) is 10.6. The van der Waals surface area contributed by atoms with Gasteiger partial charge in [0.2, 0.25) is 0 Å². The summed E-state index contributed by atoms with van der Waals surface area (Å²) in [6.45, 7) is 4.30. The van der Waals surface area contributed by atoms with E-state index in [1.165, 1.54) is 15.3 Å². The van der Waals surface area contributed by atoms with Crippen LogP contribution in [0.4, 0.5) is 0 Å². The molecule has 116 valence electrons. The summed E-state index contributed by atoms with van der Waals surface area (Å²) in [6, 6.07) is 10.2. The molecule has 1 amide bonds. The van der Waals surface area contributed by atoms with E-state index in [1.54, 1.807) is 0 Å². The van der Waals surface area contributed by atoms with Gasteiger partial charge in [-0.3, -0.25) is 4.79 Å². The summed E-state index contributed by atoms with van der Waals surface area (Å²) in [6.07, 6.45) is 1.08. The van der Waals surface area contributed by atoms with Crippen molar-refractivity contribution >= 4 is 28.8 Å². The Bertz CT molecular complexity index is 670. The molecule has 0 radical (unpaired) electrons. The van der Waals surface area contributed by atoms with E-state index < -0.39 is 0 Å². The molecule has 0 fully saturated rings. The first-order valence-corrected chi connectivity index (χ1v) is 8.81. The lowest BCUT2D eigenvalue weighted by Crippen LogP contribution is -3.14. The zero-order valence-electron chi connectivity index (χ0n) is 12.6. The number of carbonyl (C=O) groups excluding carboxylic acids is 1. The fourth-order valence-electron chi connectivity index (χ4n) is 3.01. The van der Waals surface area contributed by atoms with Gasteiger partial charge >= 0.3 is 0 Å². The standard InChI is InChI=1S/C17H19ClN2OS/c1-12-15-6-8-22-16(15)5-7-20(12)11-17(21)19-10-13-3-2-4-14(18)9-13/h2-4,6,8-9,12H,5,7,10-11H2,1H3,(H,19,21)/p+1/t12-/m0/s1. The van der Waals surface area contributed by atoms with Crippen LogP contribution in [0.2, 0.25) is 5.02 Å². The van der Waals surface area contributed by atoms with Gasteiger partial charge in [0.05, 0.1) is 6.54 Å². The van der Waals surface area contributed by atoms with Crippen molar-refractivity contribution in [3.8, 4) is 0 Å². The highest BCUT2D eigenvalue weighted by molar-refractivity contribution is 7.10. The molecule has 1 aliphatic heterocycles. The molecule has 5 heteroatoms. The van der Waals surface area contributed by atoms with E-state index in [1.807, 2.05) is 35.6 Å². The number of carbonyl (C=O) groups is 1. The zero-order valence-corrected chi connectivity index (χ0v) is 14.1. The lowest BCUT2D eigenvalue weighted by atomic mass is 10.0. The van der Waals surface area contributed by atoms with Crippen LogP contribution in [0.1, 0.15) is 29.0 Å². The van der Waals surface area contributed by atoms with Crippen LogP contribution in [0.15, 0.2) is 35.7 Å². The Balaban J connectivity index is 1.54. The predicted molar refractivity (Wildman–Crippen MR) is 90.4 cm³/mol. The lowest BCUT2D eigenvalue weighted by Gasteiger charge is -2.29. The molecule has 1 aromatic heterocycles. The minimum Gasteiger partial charge on any atom is -0.347 e. The molecule has 1 aromatic carbocycles. The highest BCUT2D eigenvalue weighted by Crippen LogP contribution is 2.24. The van der Waals surface area contributed by atoms with Crippen LogP contribution in [0.5, 0.6) is 0 Å². The highest BCUT2D eigenvalue weighted by atomic mass is 35.5. The second-order valence-corrected chi connectivity index (χ2v) is 7.20. The fraction of sp³-hybridized carbons (Fsp3) is 0.353. The molecule has 2 N–H and O–H groups in total. The van der Waals surface area contributed by atoms with Gasteiger partial charge in [0.25, 0.3) is 5.91 Å². The Labute approximate surface area is 139 Å². The smallest absolute Gasteiger partial charge is 0.275 e. The summed E-state index contributed by atoms with van der Waals surface area (Å²) in [5, 5.41) is 5.85. The summed E-state index contributed by atoms with van der Waals surface area (Å²) in [5.74, 6) is 0.0977. The monoisotopic (exact) mass is 335 g/mol. The molecular weight excluding hydrogens is 316 g/mol. The van der Waals surface area contributed by atoms with Gasteiger partial charge in [-0.1, -0.05) is 23.7 Å². The van der Waals surface area contributed by atoms with Crippen molar-refractivity contribution < 1.29 is 9.69 Å². The number of benzene rings is 1. The first-order valence-electron chi connectivity index (χ1n) is 7.55. The Morgan fingerprint density at radius 2 is 2.32 bits per heavy atom. The molecule has 1 unspecified atom stereocenters. The Morgan fingerprint density at radius 1 is 1.45 bits per heavy atom. The second kappa shape index (κ2) is 6.82. The van der Waals surface area contributed by atoms with E-state index in [4.69, 9.17) is 11.6 Å². The number of nitrogens with one attached hydrogen (secondary N) is 2. The molecular formula is C17H20ClN2OS+. The van der Waals surface area contributed by atoms with E-state index in [2.05, 4.69) is 23.7 Å². The minimum atomic E-state index is 0.0977. The number of rotatable bonds is 4. The molecule has 0 saturated heterocycles. The summed E-state index contributed by atoms with van der Waals surface area (Å²) in [4.78, 5) is 15.0. The lowest BCUT2D eigenvalue weighted by molar-refractivity contribution is -0.924. The number of thiophene rings is 1. The predicted octanol–water partition coefficient (Wildman–Crippen LogP) is 2.22. The quantitative estimate of drug-likeness (QED) is 0.882. The minimum absolute atomic E-state index is 0.0977. The van der Waals surface area contributed by atoms with Crippen LogP contribution in [0.25, 0.3) is 0 Å². The van der Waals surface area contributed by atoms with Crippen molar-refractivity contribution in [1.29, 1.82) is 0 Å². The molecule has 2 atom stereocenters. The zero-order chi connectivity index (χ0) is 15.5. The van der Waals surface area contributed by atoms with Gasteiger partial charge in [0.1, 0.15) is 6.04 Å². The van der Waals surface area contributed by atoms with Crippen molar-refractivity contribution in [2.45, 2.75) is 25.9 Å². The average Bonchev–Trinajstić information content (AvgIpc) is 2.98. The maximum Gasteiger partial charge on any atom is 0.275 e. The van der Waals surface area contributed by atoms with Crippen molar-refractivity contribution in [2.75, 3.05) is 13.1 Å². The number of quaternary nitrogens is 1. The molecule has 0 saturated carbocycles. The number of halogens is 1. The second-order valence-electron chi connectivity index (χ2n) is 5.76. The molecule has 0 bridgehead atoms. The molecule has 2 heterocycles. The van der Waals surface area contributed by atoms with Crippen LogP contribution in [0, 0.1) is 0 Å². The summed E-state index contributed by atoms with van der Waals surface area (Å²) in [7, 11) is 0. The Hall–Kier alpha value is -1.36. The fourth-order valence-corrected chi connectivity index (χ4v) is 4.20. The van der Waals surface area contributed by atoms with Crippen molar-refractivity contribution in [3.05, 3.63) is 56.7 Å². The maximum absolute atomic E-state index is 12.2. The van der Waals surface area contributed by atoms with Gasteiger partial charge in [-0.25, -0.2) is 0 Å². The van der Waals surface area contributed by atoms with Gasteiger partial charge in [-0.05, 0) is 36.1 Å². The average molecular weight is 336 g/mol. The van der Waals surface area contributed by atoms with E-state index in [0.29, 0.717) is 24.2 Å². The van der Waals surface area contributed by atoms with E-state index >= 15 is 0 Å². The number of fused-ring (bicyclic) bond motifs is 1. The van der Waals surface area contributed by atoms with Gasteiger partial charge in [0.15, 0.2) is 6.54 Å². The van der Waals surface area contributed by atoms with Crippen LogP contribution < -0.4 is 10.2 Å². The van der Waals surface area contributed by atoms with Crippen LogP contribution in [0.3, 0.4) is 0 Å². The van der Waals surface area contributed by atoms with Crippen molar-refractivity contribution in [2.24, 2.45) is 0 Å². The molecule has 2 aromatic rings. The largest absolute Gasteiger partial charge is 0.347 e. The third kappa shape index (κ3) is 3.51. The van der Waals surface area contributed by atoms with Gasteiger partial charge < -0.3 is 10.2 Å². The first kappa shape index (κ1) is 15.5. The van der Waals surface area contributed by atoms with Gasteiger partial charge in [-0.15, -0.1) is 11.3 Å². The summed E-state index contributed by atoms with van der Waals surface area (Å²) >= 11 is 7.79. The summed E-state index contributed by atoms with van der Waals surface area (Å²) in [5.41, 5.74) is 2.44. The third-order valence-corrected chi connectivity index (χ3v) is 5.53. The van der Waals surface area contributed by atoms with E-state index in [-0.39, 0.29) is 5.91 Å². The van der Waals surface area contributed by atoms with E-state index in [9.17, 15) is 4.79 Å². The molecule has 3 nitrogen and oxygen atoms in total. The van der Waals surface area contributed by atoms with Crippen LogP contribution >= 0.6 is 22.9 Å². The number of amides is 1. The van der Waals surface area contributed by atoms with Crippen molar-refractivity contribution in [1.82, 2.24) is 5.32 Å². The molecule has 0 aliphatic carbocycles. The van der Waals surface area contributed by atoms with Gasteiger partial charge in [-0.2, -0.15) is 0 Å². The topological polar surface area (TPSA) is 33.5 Å². The van der Waals surface area contributed by atoms with Crippen LogP contribution in [-0.4, -0.2) is 19.0 Å². The highest BCUT2D eigenvalue weighted by Gasteiger charge is 2.29. The molecule has 0 spiro atoms. The number of hydrogen-bond acceptors (Lipinski definition) is 2.